The van der Waals surface area contributed by atoms with Crippen molar-refractivity contribution in [3.05, 3.63) is 35.9 Å². The number of amides is 3. The van der Waals surface area contributed by atoms with Gasteiger partial charge in [-0.2, -0.15) is 0 Å². The van der Waals surface area contributed by atoms with Crippen LogP contribution in [0.15, 0.2) is 30.3 Å². The van der Waals surface area contributed by atoms with E-state index in [0.29, 0.717) is 0 Å². The molecular weight excluding hydrogens is 380 g/mol. The van der Waals surface area contributed by atoms with E-state index in [-0.39, 0.29) is 6.42 Å². The zero-order valence-corrected chi connectivity index (χ0v) is 16.6. The number of carbonyl (C=O) groups excluding carboxylic acids is 3. The maximum Gasteiger partial charge on any atom is 0.325 e. The van der Waals surface area contributed by atoms with Crippen LogP contribution in [-0.4, -0.2) is 64.2 Å². The number of hydrogen-bond acceptors (Lipinski definition) is 6. The third-order valence-corrected chi connectivity index (χ3v) is 4.12. The molecule has 1 aromatic carbocycles. The highest BCUT2D eigenvalue weighted by Gasteiger charge is 2.31. The van der Waals surface area contributed by atoms with Crippen LogP contribution in [0.1, 0.15) is 26.3 Å². The van der Waals surface area contributed by atoms with E-state index < -0.39 is 54.0 Å². The van der Waals surface area contributed by atoms with Crippen LogP contribution in [0.25, 0.3) is 0 Å². The number of aliphatic carboxylic acids is 1. The Morgan fingerprint density at radius 3 is 2.00 bits per heavy atom. The number of hydrogen-bond donors (Lipinski definition) is 6. The number of carboxylic acids is 1. The predicted molar refractivity (Wildman–Crippen MR) is 105 cm³/mol. The largest absolute Gasteiger partial charge is 0.480 e. The van der Waals surface area contributed by atoms with Gasteiger partial charge in [-0.25, -0.2) is 0 Å². The highest BCUT2D eigenvalue weighted by atomic mass is 16.4. The Hall–Kier alpha value is -2.98. The van der Waals surface area contributed by atoms with Gasteiger partial charge in [-0.1, -0.05) is 30.3 Å². The first-order valence-corrected chi connectivity index (χ1v) is 9.14. The summed E-state index contributed by atoms with van der Waals surface area (Å²) in [5, 5.41) is 25.9. The van der Waals surface area contributed by atoms with Crippen LogP contribution in [-0.2, 0) is 25.6 Å². The van der Waals surface area contributed by atoms with Gasteiger partial charge >= 0.3 is 5.97 Å². The molecule has 1 rings (SSSR count). The maximum atomic E-state index is 12.8. The highest BCUT2D eigenvalue weighted by Crippen LogP contribution is 2.05. The molecule has 5 atom stereocenters. The fraction of sp³-hybridized carbons (Fsp3) is 0.474. The molecule has 10 heteroatoms. The number of nitrogens with two attached hydrogens (primary N) is 1. The van der Waals surface area contributed by atoms with Gasteiger partial charge in [-0.15, -0.1) is 0 Å². The maximum absolute atomic E-state index is 12.8. The molecule has 0 saturated carbocycles. The molecule has 0 aliphatic heterocycles. The van der Waals surface area contributed by atoms with Crippen molar-refractivity contribution in [3.63, 3.8) is 0 Å². The van der Waals surface area contributed by atoms with Crippen molar-refractivity contribution < 1.29 is 29.4 Å². The second-order valence-corrected chi connectivity index (χ2v) is 6.83. The van der Waals surface area contributed by atoms with Gasteiger partial charge in [0.2, 0.25) is 17.7 Å². The molecular formula is C19H28N4O6. The normalized spacial score (nSPS) is 15.9. The molecule has 0 aliphatic carbocycles. The van der Waals surface area contributed by atoms with Gasteiger partial charge < -0.3 is 31.9 Å². The van der Waals surface area contributed by atoms with Crippen LogP contribution in [0, 0.1) is 0 Å². The topological polar surface area (TPSA) is 171 Å². The van der Waals surface area contributed by atoms with E-state index in [1.807, 2.05) is 0 Å². The summed E-state index contributed by atoms with van der Waals surface area (Å²) in [7, 11) is 0. The highest BCUT2D eigenvalue weighted by molar-refractivity contribution is 5.94. The average molecular weight is 408 g/mol. The van der Waals surface area contributed by atoms with Gasteiger partial charge in [0.05, 0.1) is 12.1 Å². The number of rotatable bonds is 10. The van der Waals surface area contributed by atoms with Crippen molar-refractivity contribution >= 4 is 23.7 Å². The first-order chi connectivity index (χ1) is 13.5. The van der Waals surface area contributed by atoms with Crippen LogP contribution in [0.3, 0.4) is 0 Å². The smallest absolute Gasteiger partial charge is 0.325 e. The van der Waals surface area contributed by atoms with E-state index in [1.165, 1.54) is 20.8 Å². The Labute approximate surface area is 168 Å². The SMILES string of the molecule is CC(N)C(=O)NC(Cc1ccccc1)C(=O)NC(C(=O)NC(C)C(=O)O)C(C)O. The summed E-state index contributed by atoms with van der Waals surface area (Å²) in [6, 6.07) is 4.37. The standard InChI is InChI=1S/C19H28N4O6/c1-10(20)16(25)22-14(9-13-7-5-4-6-8-13)17(26)23-15(12(3)24)18(27)21-11(2)19(28)29/h4-8,10-12,14-15,24H,9,20H2,1-3H3,(H,21,27)(H,22,25)(H,23,26)(H,28,29). The second-order valence-electron chi connectivity index (χ2n) is 6.83. The predicted octanol–water partition coefficient (Wildman–Crippen LogP) is -1.48. The van der Waals surface area contributed by atoms with Gasteiger partial charge in [0.1, 0.15) is 18.1 Å². The summed E-state index contributed by atoms with van der Waals surface area (Å²) in [5.41, 5.74) is 6.31. The number of aliphatic hydroxyl groups is 1. The lowest BCUT2D eigenvalue weighted by molar-refractivity contribution is -0.142. The van der Waals surface area contributed by atoms with E-state index >= 15 is 0 Å². The zero-order valence-electron chi connectivity index (χ0n) is 16.6. The van der Waals surface area contributed by atoms with E-state index in [1.54, 1.807) is 30.3 Å². The van der Waals surface area contributed by atoms with Gasteiger partial charge in [0, 0.05) is 6.42 Å². The molecule has 7 N–H and O–H groups in total. The fourth-order valence-electron chi connectivity index (χ4n) is 2.39. The lowest BCUT2D eigenvalue weighted by atomic mass is 10.0. The van der Waals surface area contributed by atoms with E-state index in [0.717, 1.165) is 5.56 Å². The number of aliphatic hydroxyl groups excluding tert-OH is 1. The summed E-state index contributed by atoms with van der Waals surface area (Å²) >= 11 is 0. The van der Waals surface area contributed by atoms with Crippen molar-refractivity contribution in [1.82, 2.24) is 16.0 Å². The number of carbonyl (C=O) groups is 4. The Bertz CT molecular complexity index is 723. The van der Waals surface area contributed by atoms with Crippen LogP contribution in [0.5, 0.6) is 0 Å². The van der Waals surface area contributed by atoms with Crippen LogP contribution < -0.4 is 21.7 Å². The summed E-state index contributed by atoms with van der Waals surface area (Å²) in [6.45, 7) is 4.00. The first-order valence-electron chi connectivity index (χ1n) is 9.14. The molecule has 0 radical (unpaired) electrons. The fourth-order valence-corrected chi connectivity index (χ4v) is 2.39. The molecule has 1 aromatic rings. The van der Waals surface area contributed by atoms with E-state index in [2.05, 4.69) is 16.0 Å². The molecule has 0 fully saturated rings. The third-order valence-electron chi connectivity index (χ3n) is 4.12. The molecule has 10 nitrogen and oxygen atoms in total. The third kappa shape index (κ3) is 7.88. The molecule has 0 aliphatic rings. The molecule has 0 bridgehead atoms. The van der Waals surface area contributed by atoms with Crippen LogP contribution >= 0.6 is 0 Å². The summed E-state index contributed by atoms with van der Waals surface area (Å²) in [6.07, 6.45) is -1.17. The molecule has 0 spiro atoms. The second kappa shape index (κ2) is 11.1. The molecule has 0 heterocycles. The number of carboxylic acid groups (broad SMARTS) is 1. The Kier molecular flexibility index (Phi) is 9.23. The van der Waals surface area contributed by atoms with Gasteiger partial charge in [0.15, 0.2) is 0 Å². The lowest BCUT2D eigenvalue weighted by Gasteiger charge is -2.26. The minimum atomic E-state index is -1.41. The van der Waals surface area contributed by atoms with Crippen molar-refractivity contribution in [1.29, 1.82) is 0 Å². The van der Waals surface area contributed by atoms with Crippen molar-refractivity contribution in [2.24, 2.45) is 5.73 Å². The van der Waals surface area contributed by atoms with Crippen molar-refractivity contribution in [2.75, 3.05) is 0 Å². The quantitative estimate of drug-likeness (QED) is 0.274. The Morgan fingerprint density at radius 1 is 0.931 bits per heavy atom. The van der Waals surface area contributed by atoms with E-state index in [9.17, 15) is 24.3 Å². The molecule has 3 amide bonds. The summed E-state index contributed by atoms with van der Waals surface area (Å²) in [4.78, 5) is 48.0. The number of nitrogens with one attached hydrogen (secondary N) is 3. The van der Waals surface area contributed by atoms with Crippen molar-refractivity contribution in [2.45, 2.75) is 57.5 Å². The van der Waals surface area contributed by atoms with Gasteiger partial charge in [0.25, 0.3) is 0 Å². The molecule has 29 heavy (non-hydrogen) atoms. The Morgan fingerprint density at radius 2 is 1.52 bits per heavy atom. The minimum Gasteiger partial charge on any atom is -0.480 e. The minimum absolute atomic E-state index is 0.130. The van der Waals surface area contributed by atoms with Crippen LogP contribution in [0.4, 0.5) is 0 Å². The summed E-state index contributed by atoms with van der Waals surface area (Å²) in [5.74, 6) is -3.40. The van der Waals surface area contributed by atoms with E-state index in [4.69, 9.17) is 10.8 Å². The molecule has 160 valence electrons. The first kappa shape index (κ1) is 24.1. The van der Waals surface area contributed by atoms with Gasteiger partial charge in [-0.3, -0.25) is 19.2 Å². The lowest BCUT2D eigenvalue weighted by Crippen LogP contribution is -2.59. The van der Waals surface area contributed by atoms with Crippen LogP contribution in [0.2, 0.25) is 0 Å². The van der Waals surface area contributed by atoms with Crippen molar-refractivity contribution in [3.8, 4) is 0 Å². The molecule has 0 aromatic heterocycles. The zero-order chi connectivity index (χ0) is 22.1. The monoisotopic (exact) mass is 408 g/mol. The Balaban J connectivity index is 2.97. The summed E-state index contributed by atoms with van der Waals surface area (Å²) < 4.78 is 0. The molecule has 0 saturated heterocycles. The average Bonchev–Trinajstić information content (AvgIpc) is 2.65. The molecule has 5 unspecified atom stereocenters. The van der Waals surface area contributed by atoms with Gasteiger partial charge in [-0.05, 0) is 26.3 Å². The number of benzene rings is 1.